The number of carboxylic acids is 1. The second-order valence-electron chi connectivity index (χ2n) is 8.01. The van der Waals surface area contributed by atoms with Crippen LogP contribution in [0.1, 0.15) is 73.9 Å². The van der Waals surface area contributed by atoms with E-state index < -0.39 is 5.97 Å². The summed E-state index contributed by atoms with van der Waals surface area (Å²) in [4.78, 5) is 11.9. The Morgan fingerprint density at radius 3 is 2.77 bits per heavy atom. The molecule has 0 radical (unpaired) electrons. The molecule has 0 saturated carbocycles. The van der Waals surface area contributed by atoms with Gasteiger partial charge in [0.25, 0.3) is 0 Å². The molecule has 2 N–H and O–H groups in total. The number of rotatable bonds is 5. The van der Waals surface area contributed by atoms with Crippen molar-refractivity contribution in [3.8, 4) is 11.5 Å². The summed E-state index contributed by atoms with van der Waals surface area (Å²) in [6.07, 6.45) is 6.29. The van der Waals surface area contributed by atoms with E-state index >= 15 is 0 Å². The smallest absolute Gasteiger partial charge is 0.339 e. The van der Waals surface area contributed by atoms with Crippen LogP contribution in [0.15, 0.2) is 17.7 Å². The van der Waals surface area contributed by atoms with Crippen LogP contribution in [-0.4, -0.2) is 27.7 Å². The molecule has 1 aliphatic carbocycles. The maximum absolute atomic E-state index is 11.9. The Morgan fingerprint density at radius 2 is 2.12 bits per heavy atom. The van der Waals surface area contributed by atoms with E-state index in [1.54, 1.807) is 0 Å². The fourth-order valence-corrected chi connectivity index (χ4v) is 4.65. The average Bonchev–Trinajstić information content (AvgIpc) is 2.53. The lowest BCUT2D eigenvalue weighted by molar-refractivity contribution is 0.0106. The van der Waals surface area contributed by atoms with Gasteiger partial charge in [-0.15, -0.1) is 11.6 Å². The van der Waals surface area contributed by atoms with Crippen LogP contribution in [0.25, 0.3) is 0 Å². The van der Waals surface area contributed by atoms with Gasteiger partial charge >= 0.3 is 5.97 Å². The zero-order chi connectivity index (χ0) is 19.1. The van der Waals surface area contributed by atoms with Crippen molar-refractivity contribution in [1.29, 1.82) is 0 Å². The molecule has 26 heavy (non-hydrogen) atoms. The molecule has 1 heterocycles. The van der Waals surface area contributed by atoms with Crippen LogP contribution in [0, 0.1) is 5.92 Å². The second-order valence-corrected chi connectivity index (χ2v) is 8.39. The van der Waals surface area contributed by atoms with Gasteiger partial charge in [-0.3, -0.25) is 0 Å². The number of aromatic hydroxyl groups is 1. The summed E-state index contributed by atoms with van der Waals surface area (Å²) >= 11 is 5.75. The molecule has 1 aromatic carbocycles. The van der Waals surface area contributed by atoms with Crippen LogP contribution in [0.2, 0.25) is 0 Å². The van der Waals surface area contributed by atoms with Gasteiger partial charge in [-0.2, -0.15) is 0 Å². The first kappa shape index (κ1) is 19.1. The molecule has 5 heteroatoms. The largest absolute Gasteiger partial charge is 0.507 e. The normalized spacial score (nSPS) is 23.5. The Kier molecular flexibility index (Phi) is 5.25. The van der Waals surface area contributed by atoms with Crippen LogP contribution in [-0.2, 0) is 6.42 Å². The lowest BCUT2D eigenvalue weighted by Crippen LogP contribution is -2.45. The molecule has 0 bridgehead atoms. The summed E-state index contributed by atoms with van der Waals surface area (Å²) in [6.45, 7) is 6.25. The van der Waals surface area contributed by atoms with Crippen molar-refractivity contribution in [1.82, 2.24) is 0 Å². The Bertz CT molecular complexity index is 751. The molecule has 0 fully saturated rings. The van der Waals surface area contributed by atoms with Gasteiger partial charge in [-0.25, -0.2) is 4.79 Å². The maximum Gasteiger partial charge on any atom is 0.339 e. The van der Waals surface area contributed by atoms with E-state index in [2.05, 4.69) is 26.8 Å². The highest BCUT2D eigenvalue weighted by atomic mass is 35.5. The second kappa shape index (κ2) is 7.15. The Labute approximate surface area is 159 Å². The predicted octanol–water partition coefficient (Wildman–Crippen LogP) is 5.26. The monoisotopic (exact) mass is 378 g/mol. The van der Waals surface area contributed by atoms with Crippen molar-refractivity contribution in [2.75, 3.05) is 5.88 Å². The molecule has 1 unspecified atom stereocenters. The number of aromatic carboxylic acids is 1. The van der Waals surface area contributed by atoms with E-state index in [0.717, 1.165) is 25.7 Å². The van der Waals surface area contributed by atoms with Gasteiger partial charge in [0.15, 0.2) is 0 Å². The number of fused-ring (bicyclic) bond motifs is 3. The van der Waals surface area contributed by atoms with Gasteiger partial charge < -0.3 is 14.9 Å². The summed E-state index contributed by atoms with van der Waals surface area (Å²) in [5.41, 5.74) is 2.17. The summed E-state index contributed by atoms with van der Waals surface area (Å²) in [7, 11) is 0. The van der Waals surface area contributed by atoms with Crippen LogP contribution >= 0.6 is 11.6 Å². The molecule has 1 aliphatic heterocycles. The van der Waals surface area contributed by atoms with Crippen molar-refractivity contribution in [3.05, 3.63) is 34.4 Å². The number of halogens is 1. The lowest BCUT2D eigenvalue weighted by atomic mass is 9.67. The highest BCUT2D eigenvalue weighted by Crippen LogP contribution is 2.54. The molecular weight excluding hydrogens is 352 g/mol. The molecule has 3 rings (SSSR count). The molecule has 2 aliphatic rings. The van der Waals surface area contributed by atoms with E-state index in [4.69, 9.17) is 16.3 Å². The first-order valence-electron chi connectivity index (χ1n) is 9.30. The number of alkyl halides is 1. The van der Waals surface area contributed by atoms with E-state index in [0.29, 0.717) is 29.2 Å². The number of hydrogen-bond acceptors (Lipinski definition) is 3. The number of carbonyl (C=O) groups is 1. The highest BCUT2D eigenvalue weighted by molar-refractivity contribution is 6.17. The van der Waals surface area contributed by atoms with Crippen molar-refractivity contribution in [3.63, 3.8) is 0 Å². The standard InChI is InChI=1S/C21H27ClO4/c1-12-7-8-15-14(10-12)18-16(26-21(15,2)3)11-13(6-4-5-9-22)17(19(18)23)20(24)25/h10-11,14-15,23H,4-9H2,1-3H3,(H,24,25)/t14-,15?/m1/s1. The summed E-state index contributed by atoms with van der Waals surface area (Å²) < 4.78 is 6.28. The first-order valence-corrected chi connectivity index (χ1v) is 9.84. The Morgan fingerprint density at radius 1 is 1.38 bits per heavy atom. The van der Waals surface area contributed by atoms with Crippen molar-refractivity contribution in [2.45, 2.75) is 64.4 Å². The van der Waals surface area contributed by atoms with E-state index in [1.807, 2.05) is 6.07 Å². The van der Waals surface area contributed by atoms with Crippen molar-refractivity contribution >= 4 is 17.6 Å². The number of benzene rings is 1. The predicted molar refractivity (Wildman–Crippen MR) is 103 cm³/mol. The Balaban J connectivity index is 2.15. The summed E-state index contributed by atoms with van der Waals surface area (Å²) in [5, 5.41) is 20.6. The minimum Gasteiger partial charge on any atom is -0.507 e. The minimum absolute atomic E-state index is 0.0111. The number of aryl methyl sites for hydroxylation is 1. The topological polar surface area (TPSA) is 66.8 Å². The number of unbranched alkanes of at least 4 members (excludes halogenated alkanes) is 1. The maximum atomic E-state index is 11.9. The van der Waals surface area contributed by atoms with Crippen molar-refractivity contribution < 1.29 is 19.7 Å². The van der Waals surface area contributed by atoms with Gasteiger partial charge in [0.2, 0.25) is 0 Å². The fourth-order valence-electron chi connectivity index (χ4n) is 4.46. The third kappa shape index (κ3) is 3.32. The molecule has 0 saturated heterocycles. The minimum atomic E-state index is -1.09. The SMILES string of the molecule is CC1=C[C@H]2c3c(cc(CCCCCl)c(C(=O)O)c3O)OC(C)(C)C2CC1. The summed E-state index contributed by atoms with van der Waals surface area (Å²) in [5.74, 6) is 0.129. The third-order valence-corrected chi connectivity index (χ3v) is 6.04. The molecule has 0 amide bonds. The molecule has 2 atom stereocenters. The molecule has 0 aromatic heterocycles. The Hall–Kier alpha value is -1.68. The molecule has 4 nitrogen and oxygen atoms in total. The number of allylic oxidation sites excluding steroid dienone is 2. The van der Waals surface area contributed by atoms with Crippen LogP contribution in [0.4, 0.5) is 0 Å². The van der Waals surface area contributed by atoms with E-state index in [9.17, 15) is 15.0 Å². The zero-order valence-corrected chi connectivity index (χ0v) is 16.4. The van der Waals surface area contributed by atoms with Crippen molar-refractivity contribution in [2.24, 2.45) is 5.92 Å². The van der Waals surface area contributed by atoms with E-state index in [1.165, 1.54) is 5.57 Å². The van der Waals surface area contributed by atoms with Gasteiger partial charge in [0, 0.05) is 23.3 Å². The fraction of sp³-hybridized carbons (Fsp3) is 0.571. The molecule has 0 spiro atoms. The molecular formula is C21H27ClO4. The first-order chi connectivity index (χ1) is 12.3. The highest BCUT2D eigenvalue weighted by Gasteiger charge is 2.46. The third-order valence-electron chi connectivity index (χ3n) is 5.77. The van der Waals surface area contributed by atoms with Crippen LogP contribution < -0.4 is 4.74 Å². The number of ether oxygens (including phenoxy) is 1. The average molecular weight is 379 g/mol. The van der Waals surface area contributed by atoms with Crippen LogP contribution in [0.3, 0.4) is 0 Å². The quantitative estimate of drug-likeness (QED) is 0.416. The molecule has 142 valence electrons. The van der Waals surface area contributed by atoms with E-state index in [-0.39, 0.29) is 28.7 Å². The molecule has 1 aromatic rings. The van der Waals surface area contributed by atoms with Gasteiger partial charge in [0.05, 0.1) is 0 Å². The lowest BCUT2D eigenvalue weighted by Gasteiger charge is -2.46. The summed E-state index contributed by atoms with van der Waals surface area (Å²) in [6, 6.07) is 1.82. The van der Waals surface area contributed by atoms with Gasteiger partial charge in [-0.1, -0.05) is 11.6 Å². The van der Waals surface area contributed by atoms with Crippen LogP contribution in [0.5, 0.6) is 11.5 Å². The van der Waals surface area contributed by atoms with Gasteiger partial charge in [0.1, 0.15) is 22.7 Å². The number of phenols is 1. The number of carboxylic acid groups (broad SMARTS) is 1. The zero-order valence-electron chi connectivity index (χ0n) is 15.6. The van der Waals surface area contributed by atoms with Gasteiger partial charge in [-0.05, 0) is 64.5 Å². The number of hydrogen-bond donors (Lipinski definition) is 2.